The molecule has 16 heavy (non-hydrogen) atoms. The highest BCUT2D eigenvalue weighted by atomic mass is 16.3. The van der Waals surface area contributed by atoms with Gasteiger partial charge in [0.2, 0.25) is 0 Å². The Labute approximate surface area is 99.4 Å². The Kier molecular flexibility index (Phi) is 6.43. The average Bonchev–Trinajstić information content (AvgIpc) is 2.74. The van der Waals surface area contributed by atoms with E-state index in [-0.39, 0.29) is 6.61 Å². The zero-order chi connectivity index (χ0) is 11.8. The monoisotopic (exact) mass is 223 g/mol. The van der Waals surface area contributed by atoms with Gasteiger partial charge in [-0.15, -0.1) is 6.58 Å². The molecule has 1 unspecified atom stereocenters. The maximum atomic E-state index is 9.07. The molecular weight excluding hydrogens is 198 g/mol. The minimum atomic E-state index is 0.278. The fourth-order valence-corrected chi connectivity index (χ4v) is 2.31. The van der Waals surface area contributed by atoms with Crippen molar-refractivity contribution in [1.29, 1.82) is 0 Å². The number of aliphatic hydroxyl groups excluding tert-OH is 1. The van der Waals surface area contributed by atoms with E-state index in [1.54, 1.807) is 0 Å². The summed E-state index contributed by atoms with van der Waals surface area (Å²) in [6, 6.07) is 1.05. The lowest BCUT2D eigenvalue weighted by Gasteiger charge is -2.22. The predicted octanol–water partition coefficient (Wildman–Crippen LogP) is 2.65. The molecule has 2 nitrogen and oxygen atoms in total. The van der Waals surface area contributed by atoms with Gasteiger partial charge in [-0.1, -0.05) is 31.6 Å². The van der Waals surface area contributed by atoms with Gasteiger partial charge in [0, 0.05) is 24.6 Å². The molecule has 0 aliphatic heterocycles. The SMILES string of the molecule is C=CCCC(CCC)N[C@@H]1C=C[C@H](CO)C1. The number of nitrogens with one attached hydrogen (secondary N) is 1. The Hall–Kier alpha value is -0.600. The fourth-order valence-electron chi connectivity index (χ4n) is 2.31. The summed E-state index contributed by atoms with van der Waals surface area (Å²) in [6.07, 6.45) is 12.1. The first kappa shape index (κ1) is 13.5. The van der Waals surface area contributed by atoms with E-state index in [9.17, 15) is 0 Å². The molecule has 0 aromatic rings. The molecule has 0 spiro atoms. The van der Waals surface area contributed by atoms with E-state index in [1.807, 2.05) is 6.08 Å². The van der Waals surface area contributed by atoms with Crippen LogP contribution in [0.15, 0.2) is 24.8 Å². The molecule has 1 aliphatic rings. The zero-order valence-corrected chi connectivity index (χ0v) is 10.4. The summed E-state index contributed by atoms with van der Waals surface area (Å²) in [5.41, 5.74) is 0. The molecule has 2 N–H and O–H groups in total. The summed E-state index contributed by atoms with van der Waals surface area (Å²) < 4.78 is 0. The molecule has 92 valence electrons. The third-order valence-electron chi connectivity index (χ3n) is 3.21. The topological polar surface area (TPSA) is 32.3 Å². The molecule has 3 atom stereocenters. The van der Waals surface area contributed by atoms with Crippen molar-refractivity contribution in [3.63, 3.8) is 0 Å². The molecule has 0 radical (unpaired) electrons. The molecular formula is C14H25NO. The van der Waals surface area contributed by atoms with Crippen LogP contribution in [0.2, 0.25) is 0 Å². The second-order valence-electron chi connectivity index (χ2n) is 4.69. The molecule has 1 rings (SSSR count). The van der Waals surface area contributed by atoms with Crippen LogP contribution >= 0.6 is 0 Å². The van der Waals surface area contributed by atoms with E-state index in [0.717, 1.165) is 12.8 Å². The highest BCUT2D eigenvalue weighted by molar-refractivity contribution is 5.06. The van der Waals surface area contributed by atoms with Crippen molar-refractivity contribution in [2.45, 2.75) is 51.1 Å². The van der Waals surface area contributed by atoms with Gasteiger partial charge in [0.15, 0.2) is 0 Å². The Bertz CT molecular complexity index is 225. The number of hydrogen-bond donors (Lipinski definition) is 2. The van der Waals surface area contributed by atoms with Gasteiger partial charge in [0.25, 0.3) is 0 Å². The van der Waals surface area contributed by atoms with Crippen LogP contribution < -0.4 is 5.32 Å². The summed E-state index contributed by atoms with van der Waals surface area (Å²) >= 11 is 0. The van der Waals surface area contributed by atoms with Gasteiger partial charge in [-0.2, -0.15) is 0 Å². The van der Waals surface area contributed by atoms with Gasteiger partial charge >= 0.3 is 0 Å². The van der Waals surface area contributed by atoms with Crippen LogP contribution in [0, 0.1) is 5.92 Å². The minimum Gasteiger partial charge on any atom is -0.396 e. The van der Waals surface area contributed by atoms with E-state index < -0.39 is 0 Å². The minimum absolute atomic E-state index is 0.278. The molecule has 1 aliphatic carbocycles. The standard InChI is InChI=1S/C14H25NO/c1-3-5-7-13(6-4-2)15-14-9-8-12(10-14)11-16/h3,8-9,12-16H,1,4-7,10-11H2,2H3/t12-,13?,14+/m0/s1. The highest BCUT2D eigenvalue weighted by Gasteiger charge is 2.20. The lowest BCUT2D eigenvalue weighted by Crippen LogP contribution is -2.36. The second kappa shape index (κ2) is 7.64. The Balaban J connectivity index is 2.31. The number of aliphatic hydroxyl groups is 1. The van der Waals surface area contributed by atoms with Gasteiger partial charge < -0.3 is 10.4 Å². The maximum Gasteiger partial charge on any atom is 0.0494 e. The van der Waals surface area contributed by atoms with Crippen molar-refractivity contribution >= 4 is 0 Å². The zero-order valence-electron chi connectivity index (χ0n) is 10.4. The van der Waals surface area contributed by atoms with E-state index in [0.29, 0.717) is 18.0 Å². The predicted molar refractivity (Wildman–Crippen MR) is 69.4 cm³/mol. The van der Waals surface area contributed by atoms with Crippen LogP contribution in [-0.2, 0) is 0 Å². The molecule has 0 aromatic carbocycles. The van der Waals surface area contributed by atoms with Gasteiger partial charge in [-0.05, 0) is 25.7 Å². The average molecular weight is 223 g/mol. The Morgan fingerprint density at radius 1 is 1.50 bits per heavy atom. The molecule has 0 heterocycles. The quantitative estimate of drug-likeness (QED) is 0.620. The summed E-state index contributed by atoms with van der Waals surface area (Å²) in [4.78, 5) is 0. The molecule has 0 amide bonds. The summed E-state index contributed by atoms with van der Waals surface area (Å²) in [7, 11) is 0. The van der Waals surface area contributed by atoms with E-state index in [1.165, 1.54) is 19.3 Å². The molecule has 0 bridgehead atoms. The first-order valence-corrected chi connectivity index (χ1v) is 6.46. The Morgan fingerprint density at radius 3 is 2.88 bits per heavy atom. The van der Waals surface area contributed by atoms with E-state index >= 15 is 0 Å². The van der Waals surface area contributed by atoms with Crippen LogP contribution in [0.1, 0.15) is 39.0 Å². The van der Waals surface area contributed by atoms with Crippen molar-refractivity contribution < 1.29 is 5.11 Å². The van der Waals surface area contributed by atoms with Gasteiger partial charge in [0.05, 0.1) is 0 Å². The molecule has 0 saturated carbocycles. The summed E-state index contributed by atoms with van der Waals surface area (Å²) in [5, 5.41) is 12.7. The van der Waals surface area contributed by atoms with Crippen LogP contribution in [0.3, 0.4) is 0 Å². The fraction of sp³-hybridized carbons (Fsp3) is 0.714. The van der Waals surface area contributed by atoms with Crippen LogP contribution in [0.4, 0.5) is 0 Å². The van der Waals surface area contributed by atoms with Crippen LogP contribution in [0.25, 0.3) is 0 Å². The second-order valence-corrected chi connectivity index (χ2v) is 4.69. The van der Waals surface area contributed by atoms with Crippen LogP contribution in [-0.4, -0.2) is 23.8 Å². The lowest BCUT2D eigenvalue weighted by atomic mass is 10.0. The first-order chi connectivity index (χ1) is 7.80. The first-order valence-electron chi connectivity index (χ1n) is 6.46. The van der Waals surface area contributed by atoms with Crippen LogP contribution in [0.5, 0.6) is 0 Å². The number of hydrogen-bond acceptors (Lipinski definition) is 2. The van der Waals surface area contributed by atoms with Crippen molar-refractivity contribution in [3.8, 4) is 0 Å². The maximum absolute atomic E-state index is 9.07. The van der Waals surface area contributed by atoms with Crippen molar-refractivity contribution in [2.75, 3.05) is 6.61 Å². The van der Waals surface area contributed by atoms with E-state index in [4.69, 9.17) is 5.11 Å². The van der Waals surface area contributed by atoms with Gasteiger partial charge in [-0.3, -0.25) is 0 Å². The largest absolute Gasteiger partial charge is 0.396 e. The van der Waals surface area contributed by atoms with Gasteiger partial charge in [-0.25, -0.2) is 0 Å². The third-order valence-corrected chi connectivity index (χ3v) is 3.21. The smallest absolute Gasteiger partial charge is 0.0494 e. The summed E-state index contributed by atoms with van der Waals surface area (Å²) in [6.45, 7) is 6.28. The molecule has 0 saturated heterocycles. The van der Waals surface area contributed by atoms with Crippen molar-refractivity contribution in [3.05, 3.63) is 24.8 Å². The van der Waals surface area contributed by atoms with Crippen molar-refractivity contribution in [1.82, 2.24) is 5.32 Å². The summed E-state index contributed by atoms with van der Waals surface area (Å²) in [5.74, 6) is 0.360. The molecule has 0 aromatic heterocycles. The lowest BCUT2D eigenvalue weighted by molar-refractivity contribution is 0.243. The number of allylic oxidation sites excluding steroid dienone is 1. The third kappa shape index (κ3) is 4.50. The molecule has 0 fully saturated rings. The van der Waals surface area contributed by atoms with E-state index in [2.05, 4.69) is 31.0 Å². The Morgan fingerprint density at radius 2 is 2.31 bits per heavy atom. The van der Waals surface area contributed by atoms with Gasteiger partial charge in [0.1, 0.15) is 0 Å². The normalized spacial score (nSPS) is 25.9. The highest BCUT2D eigenvalue weighted by Crippen LogP contribution is 2.19. The number of rotatable bonds is 8. The van der Waals surface area contributed by atoms with Crippen molar-refractivity contribution in [2.24, 2.45) is 5.92 Å². The molecule has 2 heteroatoms.